The fourth-order valence-electron chi connectivity index (χ4n) is 3.44. The Morgan fingerprint density at radius 1 is 1.18 bits per heavy atom. The predicted octanol–water partition coefficient (Wildman–Crippen LogP) is 4.75. The third kappa shape index (κ3) is 2.62. The summed E-state index contributed by atoms with van der Waals surface area (Å²) in [6.07, 6.45) is 0.964. The van der Waals surface area contributed by atoms with Crippen molar-refractivity contribution in [3.05, 3.63) is 63.7 Å². The summed E-state index contributed by atoms with van der Waals surface area (Å²) in [5.74, 6) is 0.638. The minimum absolute atomic E-state index is 0.169. The zero-order chi connectivity index (χ0) is 15.9. The first-order chi connectivity index (χ1) is 10.5. The molecule has 2 aromatic rings. The monoisotopic (exact) mass is 315 g/mol. The van der Waals surface area contributed by atoms with E-state index in [2.05, 4.69) is 50.1 Å². The standard InChI is InChI=1S/C19H22ClNO/c1-12(2)14-6-4-5-7-15(14)19-16-11-18(22)17(20)10-13(16)8-9-21(19)3/h4-7,10-12,19,22H,8-9H2,1-3H3. The zero-order valence-electron chi connectivity index (χ0n) is 13.3. The molecule has 0 aromatic heterocycles. The van der Waals surface area contributed by atoms with Gasteiger partial charge < -0.3 is 5.11 Å². The Kier molecular flexibility index (Phi) is 4.16. The van der Waals surface area contributed by atoms with Gasteiger partial charge in [0, 0.05) is 6.54 Å². The fourth-order valence-corrected chi connectivity index (χ4v) is 3.63. The van der Waals surface area contributed by atoms with Crippen LogP contribution in [0.1, 0.15) is 48.1 Å². The first-order valence-corrected chi connectivity index (χ1v) is 8.17. The summed E-state index contributed by atoms with van der Waals surface area (Å²) in [5, 5.41) is 10.5. The number of rotatable bonds is 2. The Morgan fingerprint density at radius 2 is 1.91 bits per heavy atom. The Labute approximate surface area is 137 Å². The molecule has 1 aliphatic heterocycles. The Bertz CT molecular complexity index is 696. The summed E-state index contributed by atoms with van der Waals surface area (Å²) < 4.78 is 0. The van der Waals surface area contributed by atoms with Gasteiger partial charge >= 0.3 is 0 Å². The summed E-state index contributed by atoms with van der Waals surface area (Å²) in [6, 6.07) is 12.5. The van der Waals surface area contributed by atoms with Gasteiger partial charge in [0.1, 0.15) is 5.75 Å². The molecule has 1 atom stereocenters. The number of phenolic OH excluding ortho intramolecular Hbond substituents is 1. The van der Waals surface area contributed by atoms with E-state index in [1.807, 2.05) is 12.1 Å². The second-order valence-electron chi connectivity index (χ2n) is 6.42. The number of nitrogens with zero attached hydrogens (tertiary/aromatic N) is 1. The lowest BCUT2D eigenvalue weighted by Crippen LogP contribution is -2.33. The Balaban J connectivity index is 2.18. The van der Waals surface area contributed by atoms with Crippen molar-refractivity contribution < 1.29 is 5.11 Å². The summed E-state index contributed by atoms with van der Waals surface area (Å²) in [6.45, 7) is 5.44. The summed E-state index contributed by atoms with van der Waals surface area (Å²) in [7, 11) is 2.15. The molecule has 3 rings (SSSR count). The molecule has 0 bridgehead atoms. The van der Waals surface area contributed by atoms with Gasteiger partial charge in [0.2, 0.25) is 0 Å². The molecule has 0 aliphatic carbocycles. The number of aromatic hydroxyl groups is 1. The van der Waals surface area contributed by atoms with Gasteiger partial charge in [-0.2, -0.15) is 0 Å². The highest BCUT2D eigenvalue weighted by molar-refractivity contribution is 6.32. The maximum absolute atomic E-state index is 10.1. The number of benzene rings is 2. The molecule has 2 aromatic carbocycles. The van der Waals surface area contributed by atoms with Crippen LogP contribution < -0.4 is 0 Å². The van der Waals surface area contributed by atoms with Crippen molar-refractivity contribution in [3.63, 3.8) is 0 Å². The van der Waals surface area contributed by atoms with Gasteiger partial charge in [0.05, 0.1) is 11.1 Å². The molecule has 2 nitrogen and oxygen atoms in total. The van der Waals surface area contributed by atoms with E-state index in [-0.39, 0.29) is 11.8 Å². The van der Waals surface area contributed by atoms with E-state index in [4.69, 9.17) is 11.6 Å². The molecule has 0 spiro atoms. The number of halogens is 1. The second-order valence-corrected chi connectivity index (χ2v) is 6.83. The molecule has 22 heavy (non-hydrogen) atoms. The van der Waals surface area contributed by atoms with Crippen LogP contribution in [0.2, 0.25) is 5.02 Å². The Morgan fingerprint density at radius 3 is 2.64 bits per heavy atom. The van der Waals surface area contributed by atoms with Crippen LogP contribution in [0.25, 0.3) is 0 Å². The highest BCUT2D eigenvalue weighted by Gasteiger charge is 2.29. The molecule has 0 fully saturated rings. The number of phenols is 1. The third-order valence-corrected chi connectivity index (χ3v) is 4.89. The lowest BCUT2D eigenvalue weighted by Gasteiger charge is -2.36. The van der Waals surface area contributed by atoms with Crippen LogP contribution in [-0.4, -0.2) is 23.6 Å². The van der Waals surface area contributed by atoms with E-state index in [1.54, 1.807) is 0 Å². The molecule has 1 N–H and O–H groups in total. The lowest BCUT2D eigenvalue weighted by atomic mass is 9.84. The Hall–Kier alpha value is -1.51. The zero-order valence-corrected chi connectivity index (χ0v) is 14.1. The molecule has 1 heterocycles. The quantitative estimate of drug-likeness (QED) is 0.864. The predicted molar refractivity (Wildman–Crippen MR) is 91.8 cm³/mol. The van der Waals surface area contributed by atoms with Crippen LogP contribution in [0.4, 0.5) is 0 Å². The number of hydrogen-bond donors (Lipinski definition) is 1. The van der Waals surface area contributed by atoms with Gasteiger partial charge in [-0.15, -0.1) is 0 Å². The van der Waals surface area contributed by atoms with E-state index in [0.29, 0.717) is 10.9 Å². The summed E-state index contributed by atoms with van der Waals surface area (Å²) in [5.41, 5.74) is 5.09. The van der Waals surface area contributed by atoms with Gasteiger partial charge in [-0.1, -0.05) is 49.7 Å². The number of hydrogen-bond acceptors (Lipinski definition) is 2. The van der Waals surface area contributed by atoms with Crippen molar-refractivity contribution in [1.82, 2.24) is 4.90 Å². The van der Waals surface area contributed by atoms with Gasteiger partial charge in [0.25, 0.3) is 0 Å². The topological polar surface area (TPSA) is 23.5 Å². The van der Waals surface area contributed by atoms with Crippen LogP contribution >= 0.6 is 11.6 Å². The van der Waals surface area contributed by atoms with Crippen LogP contribution in [0.15, 0.2) is 36.4 Å². The average Bonchev–Trinajstić information content (AvgIpc) is 2.49. The molecular weight excluding hydrogens is 294 g/mol. The van der Waals surface area contributed by atoms with Crippen molar-refractivity contribution in [2.75, 3.05) is 13.6 Å². The summed E-state index contributed by atoms with van der Waals surface area (Å²) >= 11 is 6.09. The van der Waals surface area contributed by atoms with Crippen LogP contribution in [0, 0.1) is 0 Å². The van der Waals surface area contributed by atoms with Gasteiger partial charge in [-0.3, -0.25) is 4.90 Å². The van der Waals surface area contributed by atoms with E-state index in [0.717, 1.165) is 13.0 Å². The van der Waals surface area contributed by atoms with Crippen LogP contribution in [0.5, 0.6) is 5.75 Å². The van der Waals surface area contributed by atoms with E-state index < -0.39 is 0 Å². The van der Waals surface area contributed by atoms with Gasteiger partial charge in [0.15, 0.2) is 0 Å². The molecule has 3 heteroatoms. The fraction of sp³-hybridized carbons (Fsp3) is 0.368. The minimum Gasteiger partial charge on any atom is -0.506 e. The maximum atomic E-state index is 10.1. The van der Waals surface area contributed by atoms with Crippen molar-refractivity contribution in [3.8, 4) is 5.75 Å². The first kappa shape index (κ1) is 15.4. The molecular formula is C19H22ClNO. The molecule has 1 unspecified atom stereocenters. The molecule has 116 valence electrons. The molecule has 0 saturated carbocycles. The highest BCUT2D eigenvalue weighted by atomic mass is 35.5. The molecule has 1 aliphatic rings. The molecule has 0 amide bonds. The van der Waals surface area contributed by atoms with Crippen LogP contribution in [0.3, 0.4) is 0 Å². The molecule has 0 saturated heterocycles. The third-order valence-electron chi connectivity index (χ3n) is 4.59. The highest BCUT2D eigenvalue weighted by Crippen LogP contribution is 2.40. The van der Waals surface area contributed by atoms with E-state index in [1.165, 1.54) is 22.3 Å². The van der Waals surface area contributed by atoms with Crippen molar-refractivity contribution in [2.45, 2.75) is 32.2 Å². The van der Waals surface area contributed by atoms with Crippen molar-refractivity contribution in [2.24, 2.45) is 0 Å². The van der Waals surface area contributed by atoms with E-state index >= 15 is 0 Å². The number of fused-ring (bicyclic) bond motifs is 1. The maximum Gasteiger partial charge on any atom is 0.134 e. The van der Waals surface area contributed by atoms with Gasteiger partial charge in [-0.25, -0.2) is 0 Å². The largest absolute Gasteiger partial charge is 0.506 e. The summed E-state index contributed by atoms with van der Waals surface area (Å²) in [4.78, 5) is 2.36. The lowest BCUT2D eigenvalue weighted by molar-refractivity contribution is 0.262. The minimum atomic E-state index is 0.169. The average molecular weight is 316 g/mol. The smallest absolute Gasteiger partial charge is 0.134 e. The first-order valence-electron chi connectivity index (χ1n) is 7.79. The van der Waals surface area contributed by atoms with Gasteiger partial charge in [-0.05, 0) is 53.8 Å². The van der Waals surface area contributed by atoms with Crippen LogP contribution in [-0.2, 0) is 6.42 Å². The van der Waals surface area contributed by atoms with Crippen molar-refractivity contribution in [1.29, 1.82) is 0 Å². The SMILES string of the molecule is CC(C)c1ccccc1C1c2cc(O)c(Cl)cc2CCN1C. The second kappa shape index (κ2) is 5.94. The van der Waals surface area contributed by atoms with Crippen molar-refractivity contribution >= 4 is 11.6 Å². The normalized spacial score (nSPS) is 18.5. The number of likely N-dealkylation sites (N-methyl/N-ethyl adjacent to an activating group) is 1. The molecule has 0 radical (unpaired) electrons. The van der Waals surface area contributed by atoms with E-state index in [9.17, 15) is 5.11 Å².